The third kappa shape index (κ3) is 2.63. The number of fused-ring (bicyclic) bond motifs is 4. The summed E-state index contributed by atoms with van der Waals surface area (Å²) in [4.78, 5) is 4.16. The third-order valence-corrected chi connectivity index (χ3v) is 11.8. The Balaban J connectivity index is 1.26. The van der Waals surface area contributed by atoms with Gasteiger partial charge >= 0.3 is 0 Å². The lowest BCUT2D eigenvalue weighted by Crippen LogP contribution is -2.57. The van der Waals surface area contributed by atoms with E-state index >= 15 is 0 Å². The van der Waals surface area contributed by atoms with Crippen molar-refractivity contribution < 1.29 is 4.74 Å². The zero-order valence-corrected chi connectivity index (χ0v) is 20.0. The number of nitrogens with zero attached hydrogens (tertiary/aromatic N) is 1. The van der Waals surface area contributed by atoms with E-state index in [9.17, 15) is 0 Å². The minimum Gasteiger partial charge on any atom is -0.381 e. The topological polar surface area (TPSA) is 22.1 Å². The number of hydrogen-bond acceptors (Lipinski definition) is 2. The minimum atomic E-state index is 0.504. The van der Waals surface area contributed by atoms with Gasteiger partial charge in [-0.05, 0) is 115 Å². The Bertz CT molecular complexity index is 865. The Morgan fingerprint density at radius 2 is 1.87 bits per heavy atom. The van der Waals surface area contributed by atoms with Crippen LogP contribution < -0.4 is 0 Å². The van der Waals surface area contributed by atoms with Crippen LogP contribution in [0.3, 0.4) is 0 Å². The fourth-order valence-corrected chi connectivity index (χ4v) is 10.4. The number of hydrogen-bond donors (Lipinski definition) is 0. The van der Waals surface area contributed by atoms with Gasteiger partial charge in [0.15, 0.2) is 0 Å². The SMILES string of the molecule is CO[C@@H]1C[C@H]2[C@@H]3CC[C@H]([C@H](C)/C=C/c4ccncc4)[C@@]3(C)CC[C@@H]2[C@@]2(C)CC[C@@H]3CC312. The van der Waals surface area contributed by atoms with Crippen LogP contribution in [0.25, 0.3) is 6.08 Å². The summed E-state index contributed by atoms with van der Waals surface area (Å²) in [7, 11) is 2.01. The van der Waals surface area contributed by atoms with Gasteiger partial charge in [-0.15, -0.1) is 0 Å². The highest BCUT2D eigenvalue weighted by Gasteiger charge is 2.77. The van der Waals surface area contributed by atoms with E-state index in [4.69, 9.17) is 4.74 Å². The van der Waals surface area contributed by atoms with Crippen molar-refractivity contribution in [3.05, 3.63) is 36.2 Å². The van der Waals surface area contributed by atoms with Crippen molar-refractivity contribution in [2.45, 2.75) is 78.2 Å². The van der Waals surface area contributed by atoms with Gasteiger partial charge in [0.1, 0.15) is 0 Å². The normalized spacial score (nSPS) is 51.1. The first-order valence-electron chi connectivity index (χ1n) is 13.0. The molecule has 2 nitrogen and oxygen atoms in total. The van der Waals surface area contributed by atoms with Crippen molar-refractivity contribution in [3.63, 3.8) is 0 Å². The average molecular weight is 420 g/mol. The molecule has 1 spiro atoms. The Kier molecular flexibility index (Phi) is 4.57. The van der Waals surface area contributed by atoms with E-state index in [1.165, 1.54) is 56.9 Å². The molecule has 1 aromatic heterocycles. The molecule has 5 fully saturated rings. The summed E-state index contributed by atoms with van der Waals surface area (Å²) < 4.78 is 6.29. The lowest BCUT2D eigenvalue weighted by molar-refractivity contribution is -0.160. The summed E-state index contributed by atoms with van der Waals surface area (Å²) in [6.07, 6.45) is 20.7. The standard InChI is InChI=1S/C29H41NO/c1-19(5-6-20-11-15-30-16-12-20)23-7-8-24-22-17-26(31-4)29-18-21(29)9-14-28(29,3)25(22)10-13-27(23,24)2/h5-6,11-12,15-16,19,21-26H,7-10,13-14,17-18H2,1-4H3/b6-5+/t19-,21-,22+,23-,24+,25+,26-,27-,28-,29?/m1/s1. The summed E-state index contributed by atoms with van der Waals surface area (Å²) in [5, 5.41) is 0. The molecule has 0 aliphatic heterocycles. The van der Waals surface area contributed by atoms with Crippen molar-refractivity contribution in [1.82, 2.24) is 4.98 Å². The molecule has 0 radical (unpaired) electrons. The maximum absolute atomic E-state index is 6.29. The monoisotopic (exact) mass is 419 g/mol. The summed E-state index contributed by atoms with van der Waals surface area (Å²) in [5.41, 5.74) is 2.88. The van der Waals surface area contributed by atoms with Crippen LogP contribution in [0.1, 0.15) is 77.7 Å². The van der Waals surface area contributed by atoms with Gasteiger partial charge in [0, 0.05) is 24.9 Å². The van der Waals surface area contributed by atoms with Gasteiger partial charge in [0.2, 0.25) is 0 Å². The van der Waals surface area contributed by atoms with E-state index in [-0.39, 0.29) is 0 Å². The van der Waals surface area contributed by atoms with Crippen LogP contribution in [0.5, 0.6) is 0 Å². The van der Waals surface area contributed by atoms with Gasteiger partial charge in [-0.25, -0.2) is 0 Å². The van der Waals surface area contributed by atoms with E-state index in [1.807, 2.05) is 19.5 Å². The molecule has 5 aliphatic carbocycles. The number of rotatable bonds is 4. The van der Waals surface area contributed by atoms with Crippen LogP contribution >= 0.6 is 0 Å². The first-order chi connectivity index (χ1) is 14.9. The first kappa shape index (κ1) is 20.5. The summed E-state index contributed by atoms with van der Waals surface area (Å²) in [6, 6.07) is 4.23. The van der Waals surface area contributed by atoms with Crippen LogP contribution in [0.4, 0.5) is 0 Å². The lowest BCUT2D eigenvalue weighted by Gasteiger charge is -2.61. The quantitative estimate of drug-likeness (QED) is 0.523. The molecule has 1 heterocycles. The van der Waals surface area contributed by atoms with Gasteiger partial charge in [0.25, 0.3) is 0 Å². The molecule has 0 amide bonds. The molecule has 6 rings (SSSR count). The van der Waals surface area contributed by atoms with Crippen molar-refractivity contribution in [1.29, 1.82) is 0 Å². The lowest BCUT2D eigenvalue weighted by atomic mass is 9.45. The third-order valence-electron chi connectivity index (χ3n) is 11.8. The van der Waals surface area contributed by atoms with Crippen LogP contribution in [-0.4, -0.2) is 18.2 Å². The zero-order chi connectivity index (χ0) is 21.4. The van der Waals surface area contributed by atoms with Crippen molar-refractivity contribution in [2.24, 2.45) is 51.8 Å². The number of ether oxygens (including phenoxy) is 1. The molecule has 1 aromatic rings. The molecule has 10 atom stereocenters. The fraction of sp³-hybridized carbons (Fsp3) is 0.759. The van der Waals surface area contributed by atoms with Gasteiger partial charge in [-0.1, -0.05) is 32.9 Å². The molecule has 1 unspecified atom stereocenters. The number of allylic oxidation sites excluding steroid dienone is 1. The molecular weight excluding hydrogens is 378 g/mol. The predicted molar refractivity (Wildman–Crippen MR) is 126 cm³/mol. The predicted octanol–water partition coefficient (Wildman–Crippen LogP) is 7.01. The number of pyridine rings is 1. The fourth-order valence-electron chi connectivity index (χ4n) is 10.4. The Hall–Kier alpha value is -1.15. The van der Waals surface area contributed by atoms with E-state index in [2.05, 4.69) is 50.0 Å². The molecule has 0 saturated heterocycles. The van der Waals surface area contributed by atoms with Crippen LogP contribution in [-0.2, 0) is 4.74 Å². The van der Waals surface area contributed by atoms with Gasteiger partial charge in [0.05, 0.1) is 6.10 Å². The molecule has 31 heavy (non-hydrogen) atoms. The highest BCUT2D eigenvalue weighted by Crippen LogP contribution is 2.82. The van der Waals surface area contributed by atoms with E-state index < -0.39 is 0 Å². The first-order valence-corrected chi connectivity index (χ1v) is 13.0. The Morgan fingerprint density at radius 3 is 2.61 bits per heavy atom. The molecule has 0 bridgehead atoms. The van der Waals surface area contributed by atoms with Gasteiger partial charge in [-0.3, -0.25) is 4.98 Å². The Labute approximate surface area is 189 Å². The molecule has 168 valence electrons. The van der Waals surface area contributed by atoms with E-state index in [0.29, 0.717) is 28.3 Å². The number of aromatic nitrogens is 1. The second kappa shape index (κ2) is 6.92. The van der Waals surface area contributed by atoms with Gasteiger partial charge < -0.3 is 4.74 Å². The van der Waals surface area contributed by atoms with E-state index in [1.54, 1.807) is 0 Å². The van der Waals surface area contributed by atoms with Crippen molar-refractivity contribution in [3.8, 4) is 0 Å². The summed E-state index contributed by atoms with van der Waals surface area (Å²) in [6.45, 7) is 7.84. The van der Waals surface area contributed by atoms with Crippen LogP contribution in [0.2, 0.25) is 0 Å². The highest BCUT2D eigenvalue weighted by atomic mass is 16.5. The van der Waals surface area contributed by atoms with Gasteiger partial charge in [-0.2, -0.15) is 0 Å². The molecular formula is C29H41NO. The highest BCUT2D eigenvalue weighted by molar-refractivity contribution is 5.48. The van der Waals surface area contributed by atoms with E-state index in [0.717, 1.165) is 29.6 Å². The second-order valence-corrected chi connectivity index (χ2v) is 12.5. The molecule has 0 N–H and O–H groups in total. The largest absolute Gasteiger partial charge is 0.381 e. The minimum absolute atomic E-state index is 0.504. The maximum Gasteiger partial charge on any atom is 0.0638 e. The second-order valence-electron chi connectivity index (χ2n) is 12.5. The smallest absolute Gasteiger partial charge is 0.0638 e. The van der Waals surface area contributed by atoms with Crippen LogP contribution in [0, 0.1) is 51.8 Å². The van der Waals surface area contributed by atoms with Crippen molar-refractivity contribution in [2.75, 3.05) is 7.11 Å². The van der Waals surface area contributed by atoms with Crippen LogP contribution in [0.15, 0.2) is 30.6 Å². The molecule has 0 aromatic carbocycles. The Morgan fingerprint density at radius 1 is 1.06 bits per heavy atom. The average Bonchev–Trinajstić information content (AvgIpc) is 3.29. The maximum atomic E-state index is 6.29. The summed E-state index contributed by atoms with van der Waals surface area (Å²) >= 11 is 0. The molecule has 5 saturated carbocycles. The molecule has 2 heteroatoms. The summed E-state index contributed by atoms with van der Waals surface area (Å²) in [5.74, 6) is 5.18. The van der Waals surface area contributed by atoms with Crippen molar-refractivity contribution >= 4 is 6.08 Å². The molecule has 5 aliphatic rings. The number of methoxy groups -OCH3 is 1. The zero-order valence-electron chi connectivity index (χ0n) is 20.0.